The lowest BCUT2D eigenvalue weighted by molar-refractivity contribution is -0.124. The summed E-state index contributed by atoms with van der Waals surface area (Å²) in [6.45, 7) is 2.47. The first-order valence-electron chi connectivity index (χ1n) is 7.06. The molecular formula is C15H17N3O3. The van der Waals surface area contributed by atoms with Crippen molar-refractivity contribution in [2.45, 2.75) is 12.5 Å². The van der Waals surface area contributed by atoms with Gasteiger partial charge in [-0.1, -0.05) is 18.2 Å². The first-order chi connectivity index (χ1) is 10.2. The third kappa shape index (κ3) is 2.54. The van der Waals surface area contributed by atoms with E-state index in [4.69, 9.17) is 0 Å². The molecule has 0 radical (unpaired) electrons. The van der Waals surface area contributed by atoms with E-state index in [1.165, 1.54) is 4.90 Å². The Bertz CT molecular complexity index is 553. The van der Waals surface area contributed by atoms with E-state index in [-0.39, 0.29) is 18.2 Å². The molecule has 0 spiro atoms. The van der Waals surface area contributed by atoms with Gasteiger partial charge in [0.25, 0.3) is 5.91 Å². The molecule has 21 heavy (non-hydrogen) atoms. The van der Waals surface area contributed by atoms with Crippen LogP contribution in [-0.2, 0) is 14.4 Å². The van der Waals surface area contributed by atoms with Crippen LogP contribution in [0.4, 0.5) is 5.69 Å². The molecular weight excluding hydrogens is 270 g/mol. The van der Waals surface area contributed by atoms with Crippen LogP contribution in [-0.4, -0.2) is 60.2 Å². The zero-order valence-electron chi connectivity index (χ0n) is 11.6. The lowest BCUT2D eigenvalue weighted by Crippen LogP contribution is -2.52. The molecule has 1 aromatic carbocycles. The number of anilines is 1. The molecule has 3 rings (SSSR count). The van der Waals surface area contributed by atoms with Gasteiger partial charge in [-0.2, -0.15) is 0 Å². The van der Waals surface area contributed by atoms with Crippen molar-refractivity contribution in [3.63, 3.8) is 0 Å². The van der Waals surface area contributed by atoms with Gasteiger partial charge < -0.3 is 4.90 Å². The molecule has 110 valence electrons. The highest BCUT2D eigenvalue weighted by molar-refractivity contribution is 6.22. The molecule has 0 N–H and O–H groups in total. The number of hydrogen-bond acceptors (Lipinski definition) is 4. The Morgan fingerprint density at radius 1 is 1.00 bits per heavy atom. The lowest BCUT2D eigenvalue weighted by atomic mass is 10.2. The summed E-state index contributed by atoms with van der Waals surface area (Å²) in [5, 5.41) is 0. The normalized spacial score (nSPS) is 23.7. The van der Waals surface area contributed by atoms with Crippen molar-refractivity contribution in [3.8, 4) is 0 Å². The Morgan fingerprint density at radius 2 is 1.67 bits per heavy atom. The van der Waals surface area contributed by atoms with Crippen LogP contribution in [0, 0.1) is 0 Å². The summed E-state index contributed by atoms with van der Waals surface area (Å²) in [4.78, 5) is 40.4. The smallest absolute Gasteiger partial charge is 0.251 e. The van der Waals surface area contributed by atoms with Crippen molar-refractivity contribution in [2.24, 2.45) is 0 Å². The molecule has 3 amide bonds. The maximum atomic E-state index is 12.5. The number of hydrogen-bond donors (Lipinski definition) is 0. The van der Waals surface area contributed by atoms with E-state index >= 15 is 0 Å². The van der Waals surface area contributed by atoms with E-state index in [1.807, 2.05) is 23.1 Å². The Balaban J connectivity index is 1.74. The highest BCUT2D eigenvalue weighted by atomic mass is 16.2. The van der Waals surface area contributed by atoms with Crippen molar-refractivity contribution in [3.05, 3.63) is 30.3 Å². The van der Waals surface area contributed by atoms with Crippen molar-refractivity contribution < 1.29 is 14.4 Å². The zero-order valence-corrected chi connectivity index (χ0v) is 11.6. The average Bonchev–Trinajstić information content (AvgIpc) is 2.83. The average molecular weight is 287 g/mol. The molecule has 2 fully saturated rings. The molecule has 2 aliphatic rings. The largest absolute Gasteiger partial charge is 0.343 e. The van der Waals surface area contributed by atoms with Crippen LogP contribution in [0.5, 0.6) is 0 Å². The lowest BCUT2D eigenvalue weighted by Gasteiger charge is -2.35. The van der Waals surface area contributed by atoms with E-state index in [2.05, 4.69) is 0 Å². The minimum absolute atomic E-state index is 0.158. The molecule has 6 nitrogen and oxygen atoms in total. The molecule has 2 saturated heterocycles. The van der Waals surface area contributed by atoms with Crippen molar-refractivity contribution in [1.29, 1.82) is 0 Å². The number of benzene rings is 1. The second-order valence-electron chi connectivity index (χ2n) is 5.30. The fraction of sp³-hybridized carbons (Fsp3) is 0.400. The van der Waals surface area contributed by atoms with Crippen molar-refractivity contribution in [2.75, 3.05) is 31.1 Å². The van der Waals surface area contributed by atoms with Crippen LogP contribution >= 0.6 is 0 Å². The molecule has 2 heterocycles. The third-order valence-electron chi connectivity index (χ3n) is 4.08. The second kappa shape index (κ2) is 5.65. The second-order valence-corrected chi connectivity index (χ2v) is 5.30. The Labute approximate surface area is 122 Å². The molecule has 1 aromatic rings. The number of piperazine rings is 1. The van der Waals surface area contributed by atoms with Gasteiger partial charge in [-0.05, 0) is 12.1 Å². The van der Waals surface area contributed by atoms with Crippen LogP contribution in [0.1, 0.15) is 6.42 Å². The maximum absolute atomic E-state index is 12.5. The van der Waals surface area contributed by atoms with Gasteiger partial charge in [0.05, 0.1) is 18.2 Å². The monoisotopic (exact) mass is 287 g/mol. The third-order valence-corrected chi connectivity index (χ3v) is 4.08. The Kier molecular flexibility index (Phi) is 3.70. The predicted octanol–water partition coefficient (Wildman–Crippen LogP) is 0.0925. The first-order valence-corrected chi connectivity index (χ1v) is 7.06. The number of para-hydroxylation sites is 1. The zero-order chi connectivity index (χ0) is 14.8. The van der Waals surface area contributed by atoms with Gasteiger partial charge in [0, 0.05) is 26.2 Å². The van der Waals surface area contributed by atoms with Crippen molar-refractivity contribution in [1.82, 2.24) is 9.80 Å². The fourth-order valence-electron chi connectivity index (χ4n) is 2.90. The van der Waals surface area contributed by atoms with Gasteiger partial charge in [-0.15, -0.1) is 0 Å². The topological polar surface area (TPSA) is 60.9 Å². The van der Waals surface area contributed by atoms with Crippen LogP contribution < -0.4 is 4.90 Å². The van der Waals surface area contributed by atoms with Crippen LogP contribution in [0.2, 0.25) is 0 Å². The van der Waals surface area contributed by atoms with E-state index in [0.717, 1.165) is 6.41 Å². The number of amides is 3. The Hall–Kier alpha value is -2.21. The predicted molar refractivity (Wildman–Crippen MR) is 76.6 cm³/mol. The summed E-state index contributed by atoms with van der Waals surface area (Å²) < 4.78 is 0. The van der Waals surface area contributed by atoms with E-state index in [1.54, 1.807) is 17.0 Å². The summed E-state index contributed by atoms with van der Waals surface area (Å²) in [5.74, 6) is -0.320. The Morgan fingerprint density at radius 3 is 2.29 bits per heavy atom. The van der Waals surface area contributed by atoms with Gasteiger partial charge in [0.2, 0.25) is 12.3 Å². The van der Waals surface area contributed by atoms with Gasteiger partial charge in [-0.25, -0.2) is 4.90 Å². The standard InChI is InChI=1S/C15H17N3O3/c19-11-16-6-8-17(9-7-16)13-10-14(20)18(15(13)21)12-4-2-1-3-5-12/h1-5,11,13H,6-10H2. The van der Waals surface area contributed by atoms with Crippen LogP contribution in [0.3, 0.4) is 0 Å². The number of imide groups is 1. The van der Waals surface area contributed by atoms with Gasteiger partial charge in [-0.3, -0.25) is 19.3 Å². The number of carbonyl (C=O) groups excluding carboxylic acids is 3. The number of nitrogens with zero attached hydrogens (tertiary/aromatic N) is 3. The highest BCUT2D eigenvalue weighted by Gasteiger charge is 2.43. The molecule has 0 saturated carbocycles. The van der Waals surface area contributed by atoms with Gasteiger partial charge >= 0.3 is 0 Å². The number of rotatable bonds is 3. The van der Waals surface area contributed by atoms with Gasteiger partial charge in [0.1, 0.15) is 0 Å². The van der Waals surface area contributed by atoms with Gasteiger partial charge in [0.15, 0.2) is 0 Å². The molecule has 1 unspecified atom stereocenters. The molecule has 0 aromatic heterocycles. The molecule has 0 aliphatic carbocycles. The quantitative estimate of drug-likeness (QED) is 0.584. The summed E-state index contributed by atoms with van der Waals surface area (Å²) in [6.07, 6.45) is 1.05. The molecule has 0 bridgehead atoms. The van der Waals surface area contributed by atoms with E-state index in [0.29, 0.717) is 31.9 Å². The van der Waals surface area contributed by atoms with E-state index < -0.39 is 6.04 Å². The summed E-state index contributed by atoms with van der Waals surface area (Å²) in [6, 6.07) is 8.61. The van der Waals surface area contributed by atoms with E-state index in [9.17, 15) is 14.4 Å². The van der Waals surface area contributed by atoms with Crippen LogP contribution in [0.25, 0.3) is 0 Å². The highest BCUT2D eigenvalue weighted by Crippen LogP contribution is 2.25. The first kappa shape index (κ1) is 13.8. The van der Waals surface area contributed by atoms with Crippen molar-refractivity contribution >= 4 is 23.9 Å². The fourth-order valence-corrected chi connectivity index (χ4v) is 2.90. The molecule has 6 heteroatoms. The minimum Gasteiger partial charge on any atom is -0.343 e. The summed E-state index contributed by atoms with van der Waals surface area (Å²) in [5.41, 5.74) is 0.626. The summed E-state index contributed by atoms with van der Waals surface area (Å²) >= 11 is 0. The number of carbonyl (C=O) groups is 3. The molecule has 1 atom stereocenters. The maximum Gasteiger partial charge on any atom is 0.251 e. The van der Waals surface area contributed by atoms with Crippen LogP contribution in [0.15, 0.2) is 30.3 Å². The minimum atomic E-state index is -0.397. The molecule has 2 aliphatic heterocycles. The SMILES string of the molecule is O=CN1CCN(C2CC(=O)N(c3ccccc3)C2=O)CC1. The summed E-state index contributed by atoms with van der Waals surface area (Å²) in [7, 11) is 0.